The molecule has 0 aliphatic rings. The molecule has 4 N–H and O–H groups in total. The summed E-state index contributed by atoms with van der Waals surface area (Å²) >= 11 is 0. The number of carboxylic acids is 1. The summed E-state index contributed by atoms with van der Waals surface area (Å²) in [5.74, 6) is -1.38. The molecule has 0 heterocycles. The average molecular weight is 408 g/mol. The average Bonchev–Trinajstić information content (AvgIpc) is 2.66. The second kappa shape index (κ2) is 9.89. The number of carbonyl (C=O) groups excluding carboxylic acids is 1. The summed E-state index contributed by atoms with van der Waals surface area (Å²) in [6.45, 7) is 1.51. The lowest BCUT2D eigenvalue weighted by atomic mass is 10.1. The molecule has 28 heavy (non-hydrogen) atoms. The van der Waals surface area contributed by atoms with E-state index in [1.165, 1.54) is 24.3 Å². The monoisotopic (exact) mass is 408 g/mol. The van der Waals surface area contributed by atoms with Crippen molar-refractivity contribution in [3.8, 4) is 5.75 Å². The molecule has 0 aliphatic carbocycles. The van der Waals surface area contributed by atoms with Crippen LogP contribution in [0.3, 0.4) is 0 Å². The quantitative estimate of drug-likeness (QED) is 0.468. The zero-order chi connectivity index (χ0) is 20.6. The first-order valence-corrected chi connectivity index (χ1v) is 9.91. The number of aliphatic carboxylic acids is 1. The van der Waals surface area contributed by atoms with Gasteiger partial charge >= 0.3 is 19.7 Å². The lowest BCUT2D eigenvalue weighted by Gasteiger charge is -2.21. The highest BCUT2D eigenvalue weighted by Gasteiger charge is 2.30. The normalized spacial score (nSPS) is 13.9. The Kier molecular flexibility index (Phi) is 7.57. The predicted octanol–water partition coefficient (Wildman–Crippen LogP) is 3.18. The number of nitrogens with one attached hydrogen (secondary N) is 2. The summed E-state index contributed by atoms with van der Waals surface area (Å²) in [5, 5.41) is 22.9. The topological polar surface area (TPSA) is 134 Å². The van der Waals surface area contributed by atoms with Crippen LogP contribution in [0.2, 0.25) is 0 Å². The van der Waals surface area contributed by atoms with Gasteiger partial charge in [-0.15, -0.1) is 0 Å². The lowest BCUT2D eigenvalue weighted by molar-refractivity contribution is -0.139. The van der Waals surface area contributed by atoms with E-state index in [9.17, 15) is 24.4 Å². The van der Waals surface area contributed by atoms with Crippen LogP contribution >= 0.6 is 7.75 Å². The standard InChI is InChI=1S/C18H21N2O7P/c1-2-26-28(25,27-12-13-6-4-3-5-7-13)20-18(24)19-16(17(22)23)14-8-10-15(21)11-9-14/h3-11,16,21H,2,12H2,1H3,(H,22,23)(H2,19,20,24,25). The van der Waals surface area contributed by atoms with Gasteiger partial charge in [0.1, 0.15) is 5.75 Å². The molecule has 2 aromatic carbocycles. The minimum Gasteiger partial charge on any atom is -0.508 e. The Balaban J connectivity index is 2.06. The lowest BCUT2D eigenvalue weighted by Crippen LogP contribution is -2.40. The van der Waals surface area contributed by atoms with Crippen LogP contribution in [0.5, 0.6) is 5.75 Å². The third-order valence-electron chi connectivity index (χ3n) is 3.53. The Labute approximate surface area is 161 Å². The molecule has 0 saturated carbocycles. The Morgan fingerprint density at radius 2 is 1.71 bits per heavy atom. The van der Waals surface area contributed by atoms with Crippen LogP contribution in [-0.2, 0) is 25.0 Å². The Morgan fingerprint density at radius 1 is 1.07 bits per heavy atom. The molecule has 0 aliphatic heterocycles. The molecule has 2 atom stereocenters. The smallest absolute Gasteiger partial charge is 0.436 e. The second-order valence-electron chi connectivity index (χ2n) is 5.62. The third kappa shape index (κ3) is 6.38. The Bertz CT molecular complexity index is 843. The number of phenols is 1. The number of hydrogen-bond donors (Lipinski definition) is 4. The summed E-state index contributed by atoms with van der Waals surface area (Å²) in [4.78, 5) is 23.7. The summed E-state index contributed by atoms with van der Waals surface area (Å²) in [6.07, 6.45) is 0. The fourth-order valence-electron chi connectivity index (χ4n) is 2.25. The molecular formula is C18H21N2O7P. The van der Waals surface area contributed by atoms with E-state index in [2.05, 4.69) is 10.4 Å². The molecule has 0 saturated heterocycles. The van der Waals surface area contributed by atoms with Gasteiger partial charge in [0.2, 0.25) is 0 Å². The van der Waals surface area contributed by atoms with E-state index in [1.807, 2.05) is 6.07 Å². The van der Waals surface area contributed by atoms with Crippen LogP contribution in [0.15, 0.2) is 54.6 Å². The zero-order valence-corrected chi connectivity index (χ0v) is 16.0. The van der Waals surface area contributed by atoms with E-state index in [0.29, 0.717) is 0 Å². The van der Waals surface area contributed by atoms with Crippen LogP contribution in [0, 0.1) is 0 Å². The molecule has 150 valence electrons. The van der Waals surface area contributed by atoms with Crippen LogP contribution in [0.25, 0.3) is 0 Å². The molecular weight excluding hydrogens is 387 g/mol. The van der Waals surface area contributed by atoms with Gasteiger partial charge in [-0.3, -0.25) is 9.05 Å². The van der Waals surface area contributed by atoms with E-state index in [-0.39, 0.29) is 24.5 Å². The number of amides is 2. The largest absolute Gasteiger partial charge is 0.508 e. The highest BCUT2D eigenvalue weighted by Crippen LogP contribution is 2.44. The summed E-state index contributed by atoms with van der Waals surface area (Å²) in [5.41, 5.74) is 0.939. The van der Waals surface area contributed by atoms with E-state index >= 15 is 0 Å². The second-order valence-corrected chi connectivity index (χ2v) is 7.36. The number of carboxylic acid groups (broad SMARTS) is 1. The van der Waals surface area contributed by atoms with E-state index in [4.69, 9.17) is 9.05 Å². The molecule has 2 rings (SSSR count). The summed E-state index contributed by atoms with van der Waals surface area (Å²) in [6, 6.07) is 11.7. The number of urea groups is 1. The highest BCUT2D eigenvalue weighted by molar-refractivity contribution is 7.52. The zero-order valence-electron chi connectivity index (χ0n) is 15.1. The SMILES string of the molecule is CCOP(=O)(NC(=O)NC(C(=O)O)c1ccc(O)cc1)OCc1ccccc1. The van der Waals surface area contributed by atoms with Crippen LogP contribution < -0.4 is 10.4 Å². The first-order chi connectivity index (χ1) is 13.3. The fourth-order valence-corrected chi connectivity index (χ4v) is 3.42. The van der Waals surface area contributed by atoms with Crippen LogP contribution in [0.4, 0.5) is 4.79 Å². The van der Waals surface area contributed by atoms with Crippen molar-refractivity contribution < 1.29 is 33.4 Å². The molecule has 2 amide bonds. The van der Waals surface area contributed by atoms with E-state index < -0.39 is 25.8 Å². The van der Waals surface area contributed by atoms with Crippen molar-refractivity contribution in [3.63, 3.8) is 0 Å². The fraction of sp³-hybridized carbons (Fsp3) is 0.222. The van der Waals surface area contributed by atoms with Gasteiger partial charge in [-0.25, -0.2) is 19.2 Å². The van der Waals surface area contributed by atoms with Crippen molar-refractivity contribution >= 4 is 19.7 Å². The predicted molar refractivity (Wildman–Crippen MR) is 101 cm³/mol. The highest BCUT2D eigenvalue weighted by atomic mass is 31.2. The number of hydrogen-bond acceptors (Lipinski definition) is 6. The van der Waals surface area contributed by atoms with Gasteiger partial charge in [0.05, 0.1) is 13.2 Å². The van der Waals surface area contributed by atoms with E-state index in [1.54, 1.807) is 31.2 Å². The maximum atomic E-state index is 12.7. The molecule has 0 fully saturated rings. The minimum atomic E-state index is -4.02. The van der Waals surface area contributed by atoms with Gasteiger partial charge < -0.3 is 15.5 Å². The summed E-state index contributed by atoms with van der Waals surface area (Å²) < 4.78 is 23.1. The van der Waals surface area contributed by atoms with Crippen molar-refractivity contribution in [1.82, 2.24) is 10.4 Å². The first-order valence-electron chi connectivity index (χ1n) is 8.36. The number of aromatic hydroxyl groups is 1. The number of rotatable bonds is 9. The maximum absolute atomic E-state index is 12.7. The molecule has 2 unspecified atom stereocenters. The third-order valence-corrected chi connectivity index (χ3v) is 5.07. The molecule has 10 heteroatoms. The molecule has 9 nitrogen and oxygen atoms in total. The molecule has 0 bridgehead atoms. The van der Waals surface area contributed by atoms with E-state index in [0.717, 1.165) is 5.56 Å². The first kappa shape index (κ1) is 21.4. The number of phenolic OH excluding ortho intramolecular Hbond substituents is 1. The Hall–Kier alpha value is -2.87. The van der Waals surface area contributed by atoms with Gasteiger partial charge in [0.15, 0.2) is 6.04 Å². The Morgan fingerprint density at radius 3 is 2.29 bits per heavy atom. The van der Waals surface area contributed by atoms with Crippen LogP contribution in [-0.4, -0.2) is 28.8 Å². The maximum Gasteiger partial charge on any atom is 0.436 e. The van der Waals surface area contributed by atoms with Crippen molar-refractivity contribution in [2.24, 2.45) is 0 Å². The van der Waals surface area contributed by atoms with Crippen molar-refractivity contribution in [2.45, 2.75) is 19.6 Å². The molecule has 0 spiro atoms. The molecule has 0 radical (unpaired) electrons. The molecule has 0 aromatic heterocycles. The van der Waals surface area contributed by atoms with Gasteiger partial charge in [0, 0.05) is 0 Å². The number of benzene rings is 2. The summed E-state index contributed by atoms with van der Waals surface area (Å²) in [7, 11) is -4.02. The molecule has 2 aromatic rings. The minimum absolute atomic E-state index is 0.00662. The van der Waals surface area contributed by atoms with Crippen molar-refractivity contribution in [2.75, 3.05) is 6.61 Å². The van der Waals surface area contributed by atoms with Crippen molar-refractivity contribution in [3.05, 3.63) is 65.7 Å². The van der Waals surface area contributed by atoms with Gasteiger partial charge in [-0.1, -0.05) is 42.5 Å². The van der Waals surface area contributed by atoms with Crippen molar-refractivity contribution in [1.29, 1.82) is 0 Å². The van der Waals surface area contributed by atoms with Gasteiger partial charge in [-0.2, -0.15) is 0 Å². The number of carbonyl (C=O) groups is 2. The van der Waals surface area contributed by atoms with Gasteiger partial charge in [-0.05, 0) is 30.2 Å². The van der Waals surface area contributed by atoms with Crippen LogP contribution in [0.1, 0.15) is 24.1 Å². The van der Waals surface area contributed by atoms with Gasteiger partial charge in [0.25, 0.3) is 0 Å².